The van der Waals surface area contributed by atoms with Crippen LogP contribution in [0.5, 0.6) is 0 Å². The van der Waals surface area contributed by atoms with Crippen molar-refractivity contribution >= 4 is 17.9 Å². The number of benzene rings is 1. The second-order valence-corrected chi connectivity index (χ2v) is 11.5. The summed E-state index contributed by atoms with van der Waals surface area (Å²) in [5, 5.41) is 5.82. The van der Waals surface area contributed by atoms with Crippen LogP contribution in [-0.2, 0) is 14.3 Å². The lowest BCUT2D eigenvalue weighted by molar-refractivity contribution is -0.143. The number of aryl methyl sites for hydroxylation is 2. The zero-order valence-corrected chi connectivity index (χ0v) is 24.2. The van der Waals surface area contributed by atoms with Gasteiger partial charge in [0, 0.05) is 12.6 Å². The van der Waals surface area contributed by atoms with Crippen molar-refractivity contribution in [3.8, 4) is 0 Å². The number of rotatable bonds is 12. The Morgan fingerprint density at radius 2 is 1.64 bits per heavy atom. The van der Waals surface area contributed by atoms with Crippen LogP contribution in [0.2, 0.25) is 0 Å². The van der Waals surface area contributed by atoms with Crippen molar-refractivity contribution in [2.24, 2.45) is 5.92 Å². The first-order valence-electron chi connectivity index (χ1n) is 13.3. The van der Waals surface area contributed by atoms with Gasteiger partial charge in [-0.2, -0.15) is 0 Å². The highest BCUT2D eigenvalue weighted by atomic mass is 16.6. The molecule has 7 nitrogen and oxygen atoms in total. The Bertz CT molecular complexity index is 874. The minimum Gasteiger partial charge on any atom is -0.444 e. The van der Waals surface area contributed by atoms with E-state index in [9.17, 15) is 14.4 Å². The molecule has 2 atom stereocenters. The van der Waals surface area contributed by atoms with Crippen molar-refractivity contribution in [1.29, 1.82) is 0 Å². The van der Waals surface area contributed by atoms with Gasteiger partial charge in [0.2, 0.25) is 11.8 Å². The molecule has 0 saturated heterocycles. The number of amides is 3. The summed E-state index contributed by atoms with van der Waals surface area (Å²) < 4.78 is 5.46. The minimum absolute atomic E-state index is 0.0790. The first kappa shape index (κ1) is 31.5. The fraction of sp³-hybridized carbons (Fsp3) is 0.690. The second-order valence-electron chi connectivity index (χ2n) is 11.5. The van der Waals surface area contributed by atoms with Gasteiger partial charge < -0.3 is 20.3 Å². The highest BCUT2D eigenvalue weighted by Crippen LogP contribution is 2.28. The van der Waals surface area contributed by atoms with Crippen molar-refractivity contribution in [2.45, 2.75) is 119 Å². The summed E-state index contributed by atoms with van der Waals surface area (Å²) >= 11 is 0. The van der Waals surface area contributed by atoms with E-state index in [1.165, 1.54) is 0 Å². The third-order valence-corrected chi connectivity index (χ3v) is 5.69. The maximum Gasteiger partial charge on any atom is 0.408 e. The molecule has 0 aromatic heterocycles. The van der Waals surface area contributed by atoms with Gasteiger partial charge in [0.1, 0.15) is 17.7 Å². The monoisotopic (exact) mass is 503 g/mol. The molecule has 1 rings (SSSR count). The van der Waals surface area contributed by atoms with Gasteiger partial charge in [-0.05, 0) is 78.4 Å². The van der Waals surface area contributed by atoms with Gasteiger partial charge in [0.05, 0.1) is 0 Å². The Balaban J connectivity index is 3.54. The van der Waals surface area contributed by atoms with Gasteiger partial charge in [-0.15, -0.1) is 0 Å². The van der Waals surface area contributed by atoms with Crippen LogP contribution in [0.3, 0.4) is 0 Å². The molecule has 2 N–H and O–H groups in total. The highest BCUT2D eigenvalue weighted by Gasteiger charge is 2.37. The standard InChI is InChI=1S/C29H49N3O4/c1-11-12-13-16-32(27(34)24(17-19(2)3)31-28(35)36-29(8,9)10)25(26(33)30-20(4)5)23-15-14-21(6)18-22(23)7/h14-15,18-20,24-25H,11-13,16-17H2,1-10H3,(H,30,33)(H,31,35). The Morgan fingerprint density at radius 3 is 2.14 bits per heavy atom. The van der Waals surface area contributed by atoms with Gasteiger partial charge in [-0.3, -0.25) is 9.59 Å². The molecule has 36 heavy (non-hydrogen) atoms. The van der Waals surface area contributed by atoms with Crippen molar-refractivity contribution in [3.05, 3.63) is 34.9 Å². The van der Waals surface area contributed by atoms with Crippen LogP contribution in [0.15, 0.2) is 18.2 Å². The Hall–Kier alpha value is -2.57. The molecule has 1 aromatic rings. The molecule has 7 heteroatoms. The van der Waals surface area contributed by atoms with Crippen LogP contribution in [0.4, 0.5) is 4.79 Å². The lowest BCUT2D eigenvalue weighted by atomic mass is 9.95. The average Bonchev–Trinajstić information content (AvgIpc) is 2.71. The summed E-state index contributed by atoms with van der Waals surface area (Å²) in [6.45, 7) is 19.7. The van der Waals surface area contributed by atoms with Crippen molar-refractivity contribution in [3.63, 3.8) is 0 Å². The number of carbonyl (C=O) groups is 3. The molecule has 0 spiro atoms. The minimum atomic E-state index is -0.804. The number of hydrogen-bond donors (Lipinski definition) is 2. The maximum absolute atomic E-state index is 14.1. The third-order valence-electron chi connectivity index (χ3n) is 5.69. The summed E-state index contributed by atoms with van der Waals surface area (Å²) in [7, 11) is 0. The fourth-order valence-corrected chi connectivity index (χ4v) is 4.19. The summed E-state index contributed by atoms with van der Waals surface area (Å²) in [6, 6.07) is 4.26. The van der Waals surface area contributed by atoms with E-state index >= 15 is 0 Å². The van der Waals surface area contributed by atoms with Gasteiger partial charge >= 0.3 is 6.09 Å². The van der Waals surface area contributed by atoms with Crippen LogP contribution in [0.1, 0.15) is 104 Å². The van der Waals surface area contributed by atoms with Gasteiger partial charge in [0.15, 0.2) is 0 Å². The number of alkyl carbamates (subject to hydrolysis) is 1. The molecule has 0 aliphatic heterocycles. The smallest absolute Gasteiger partial charge is 0.408 e. The summed E-state index contributed by atoms with van der Waals surface area (Å²) in [5.41, 5.74) is 2.15. The summed E-state index contributed by atoms with van der Waals surface area (Å²) in [5.74, 6) is -0.340. The average molecular weight is 504 g/mol. The molecule has 0 aliphatic rings. The normalized spacial score (nSPS) is 13.3. The van der Waals surface area contributed by atoms with Gasteiger partial charge in [-0.25, -0.2) is 4.79 Å². The quantitative estimate of drug-likeness (QED) is 0.352. The van der Waals surface area contributed by atoms with Crippen LogP contribution >= 0.6 is 0 Å². The zero-order valence-electron chi connectivity index (χ0n) is 24.2. The molecule has 0 aliphatic carbocycles. The van der Waals surface area contributed by atoms with E-state index in [0.717, 1.165) is 36.0 Å². The molecule has 0 bridgehead atoms. The Labute approximate surface area is 218 Å². The van der Waals surface area contributed by atoms with Crippen LogP contribution in [-0.4, -0.2) is 47.0 Å². The molecule has 1 aromatic carbocycles. The number of nitrogens with one attached hydrogen (secondary N) is 2. The van der Waals surface area contributed by atoms with E-state index in [1.807, 2.05) is 59.7 Å². The molecule has 0 saturated carbocycles. The maximum atomic E-state index is 14.1. The van der Waals surface area contributed by atoms with E-state index in [-0.39, 0.29) is 23.8 Å². The number of ether oxygens (including phenoxy) is 1. The SMILES string of the molecule is CCCCCN(C(=O)C(CC(C)C)NC(=O)OC(C)(C)C)C(C(=O)NC(C)C)c1ccc(C)cc1C. The van der Waals surface area contributed by atoms with Crippen molar-refractivity contribution in [1.82, 2.24) is 15.5 Å². The van der Waals surface area contributed by atoms with E-state index in [2.05, 4.69) is 17.6 Å². The first-order valence-corrected chi connectivity index (χ1v) is 13.3. The second kappa shape index (κ2) is 14.2. The summed E-state index contributed by atoms with van der Waals surface area (Å²) in [6.07, 6.45) is 2.49. The topological polar surface area (TPSA) is 87.7 Å². The predicted molar refractivity (Wildman–Crippen MR) is 146 cm³/mol. The number of hydrogen-bond acceptors (Lipinski definition) is 4. The van der Waals surface area contributed by atoms with Crippen LogP contribution < -0.4 is 10.6 Å². The van der Waals surface area contributed by atoms with Crippen molar-refractivity contribution < 1.29 is 19.1 Å². The molecular weight excluding hydrogens is 454 g/mol. The molecule has 2 unspecified atom stereocenters. The number of nitrogens with zero attached hydrogens (tertiary/aromatic N) is 1. The van der Waals surface area contributed by atoms with Crippen molar-refractivity contribution in [2.75, 3.05) is 6.54 Å². The van der Waals surface area contributed by atoms with E-state index in [1.54, 1.807) is 25.7 Å². The molecule has 0 heterocycles. The number of carbonyl (C=O) groups excluding carboxylic acids is 3. The molecule has 0 radical (unpaired) electrons. The molecular formula is C29H49N3O4. The zero-order chi connectivity index (χ0) is 27.6. The highest BCUT2D eigenvalue weighted by molar-refractivity contribution is 5.92. The Morgan fingerprint density at radius 1 is 1.00 bits per heavy atom. The van der Waals surface area contributed by atoms with Gasteiger partial charge in [-0.1, -0.05) is 57.4 Å². The predicted octanol–water partition coefficient (Wildman–Crippen LogP) is 5.83. The molecule has 3 amide bonds. The first-order chi connectivity index (χ1) is 16.7. The van der Waals surface area contributed by atoms with E-state index in [4.69, 9.17) is 4.74 Å². The molecule has 0 fully saturated rings. The molecule has 204 valence electrons. The summed E-state index contributed by atoms with van der Waals surface area (Å²) in [4.78, 5) is 42.1. The Kier molecular flexibility index (Phi) is 12.4. The third kappa shape index (κ3) is 10.6. The van der Waals surface area contributed by atoms with Crippen LogP contribution in [0.25, 0.3) is 0 Å². The van der Waals surface area contributed by atoms with E-state index in [0.29, 0.717) is 13.0 Å². The van der Waals surface area contributed by atoms with Crippen LogP contribution in [0, 0.1) is 19.8 Å². The van der Waals surface area contributed by atoms with Gasteiger partial charge in [0.25, 0.3) is 0 Å². The lowest BCUT2D eigenvalue weighted by Crippen LogP contribution is -2.54. The number of unbranched alkanes of at least 4 members (excludes halogenated alkanes) is 2. The fourth-order valence-electron chi connectivity index (χ4n) is 4.19. The lowest BCUT2D eigenvalue weighted by Gasteiger charge is -2.36. The largest absolute Gasteiger partial charge is 0.444 e. The van der Waals surface area contributed by atoms with E-state index < -0.39 is 23.8 Å².